The van der Waals surface area contributed by atoms with E-state index in [1.165, 1.54) is 5.56 Å². The molecule has 0 radical (unpaired) electrons. The number of rotatable bonds is 5. The Morgan fingerprint density at radius 3 is 2.71 bits per heavy atom. The molecule has 1 unspecified atom stereocenters. The van der Waals surface area contributed by atoms with E-state index in [4.69, 9.17) is 4.74 Å². The highest BCUT2D eigenvalue weighted by Gasteiger charge is 2.11. The maximum absolute atomic E-state index is 11.6. The lowest BCUT2D eigenvalue weighted by Gasteiger charge is -2.19. The van der Waals surface area contributed by atoms with Crippen molar-refractivity contribution in [2.75, 3.05) is 12.4 Å². The van der Waals surface area contributed by atoms with Crippen LogP contribution in [-0.2, 0) is 6.54 Å². The number of aromatic nitrogens is 1. The number of nitrogens with one attached hydrogen (secondary N) is 1. The molecule has 0 amide bonds. The van der Waals surface area contributed by atoms with Crippen molar-refractivity contribution in [2.45, 2.75) is 33.4 Å². The number of nitrogens with zero attached hydrogens (tertiary/aromatic N) is 1. The van der Waals surface area contributed by atoms with Gasteiger partial charge in [0.2, 0.25) is 0 Å². The van der Waals surface area contributed by atoms with Crippen molar-refractivity contribution in [3.63, 3.8) is 0 Å². The van der Waals surface area contributed by atoms with E-state index in [9.17, 15) is 4.79 Å². The van der Waals surface area contributed by atoms with Gasteiger partial charge in [0.25, 0.3) is 5.56 Å². The number of methoxy groups -OCH3 is 1. The highest BCUT2D eigenvalue weighted by molar-refractivity contribution is 5.47. The molecule has 1 heterocycles. The third-order valence-electron chi connectivity index (χ3n) is 3.56. The summed E-state index contributed by atoms with van der Waals surface area (Å²) >= 11 is 0. The average molecular weight is 286 g/mol. The summed E-state index contributed by atoms with van der Waals surface area (Å²) in [6.07, 6.45) is 1.85. The minimum atomic E-state index is 0.0172. The van der Waals surface area contributed by atoms with Gasteiger partial charge in [-0.25, -0.2) is 0 Å². The average Bonchev–Trinajstić information content (AvgIpc) is 2.48. The quantitative estimate of drug-likeness (QED) is 0.916. The zero-order valence-electron chi connectivity index (χ0n) is 13.0. The van der Waals surface area contributed by atoms with E-state index in [0.29, 0.717) is 6.54 Å². The lowest BCUT2D eigenvalue weighted by atomic mass is 10.0. The summed E-state index contributed by atoms with van der Waals surface area (Å²) in [5, 5.41) is 3.41. The Morgan fingerprint density at radius 1 is 1.29 bits per heavy atom. The van der Waals surface area contributed by atoms with Gasteiger partial charge in [-0.2, -0.15) is 0 Å². The van der Waals surface area contributed by atoms with E-state index >= 15 is 0 Å². The van der Waals surface area contributed by atoms with Gasteiger partial charge < -0.3 is 14.6 Å². The summed E-state index contributed by atoms with van der Waals surface area (Å²) in [7, 11) is 1.68. The lowest BCUT2D eigenvalue weighted by molar-refractivity contribution is 0.407. The molecule has 4 nitrogen and oxygen atoms in total. The van der Waals surface area contributed by atoms with Crippen molar-refractivity contribution in [3.05, 3.63) is 58.0 Å². The van der Waals surface area contributed by atoms with Crippen molar-refractivity contribution in [1.29, 1.82) is 0 Å². The van der Waals surface area contributed by atoms with Crippen LogP contribution in [0.5, 0.6) is 5.75 Å². The number of anilines is 1. The summed E-state index contributed by atoms with van der Waals surface area (Å²) in [5.74, 6) is 0.874. The Hall–Kier alpha value is -2.23. The van der Waals surface area contributed by atoms with Gasteiger partial charge in [-0.05, 0) is 38.5 Å². The van der Waals surface area contributed by atoms with Gasteiger partial charge in [-0.15, -0.1) is 0 Å². The van der Waals surface area contributed by atoms with Crippen LogP contribution < -0.4 is 15.6 Å². The molecule has 0 saturated heterocycles. The monoisotopic (exact) mass is 286 g/mol. The summed E-state index contributed by atoms with van der Waals surface area (Å²) in [5.41, 5.74) is 3.20. The maximum atomic E-state index is 11.6. The van der Waals surface area contributed by atoms with Crippen molar-refractivity contribution in [3.8, 4) is 5.75 Å². The summed E-state index contributed by atoms with van der Waals surface area (Å²) < 4.78 is 7.14. The molecule has 112 valence electrons. The van der Waals surface area contributed by atoms with E-state index in [1.54, 1.807) is 17.7 Å². The molecule has 0 saturated carbocycles. The van der Waals surface area contributed by atoms with Crippen LogP contribution in [0.3, 0.4) is 0 Å². The van der Waals surface area contributed by atoms with Crippen LogP contribution in [0.4, 0.5) is 5.69 Å². The molecular weight excluding hydrogens is 264 g/mol. The molecule has 2 rings (SSSR count). The van der Waals surface area contributed by atoms with Crippen LogP contribution in [0.2, 0.25) is 0 Å². The van der Waals surface area contributed by atoms with Crippen molar-refractivity contribution < 1.29 is 4.74 Å². The Morgan fingerprint density at radius 2 is 2.05 bits per heavy atom. The first-order valence-electron chi connectivity index (χ1n) is 7.16. The van der Waals surface area contributed by atoms with Crippen LogP contribution in [-0.4, -0.2) is 11.7 Å². The number of benzene rings is 1. The van der Waals surface area contributed by atoms with E-state index in [-0.39, 0.29) is 11.6 Å². The molecule has 0 aliphatic rings. The molecule has 2 aromatic rings. The second kappa shape index (κ2) is 6.48. The fourth-order valence-corrected chi connectivity index (χ4v) is 2.37. The van der Waals surface area contributed by atoms with Crippen LogP contribution in [0.15, 0.2) is 41.3 Å². The molecule has 0 spiro atoms. The molecule has 1 aromatic heterocycles. The fourth-order valence-electron chi connectivity index (χ4n) is 2.37. The number of aryl methyl sites for hydroxylation is 2. The minimum Gasteiger partial charge on any atom is -0.496 e. The van der Waals surface area contributed by atoms with Crippen LogP contribution in [0.1, 0.15) is 31.0 Å². The SMILES string of the molecule is CCn1cc(NC(C)c2ccc(C)cc2OC)ccc1=O. The molecule has 4 heteroatoms. The number of hydrogen-bond donors (Lipinski definition) is 1. The number of ether oxygens (including phenoxy) is 1. The molecular formula is C17H22N2O2. The molecule has 1 aromatic carbocycles. The van der Waals surface area contributed by atoms with Crippen molar-refractivity contribution in [1.82, 2.24) is 4.57 Å². The lowest BCUT2D eigenvalue weighted by Crippen LogP contribution is -2.18. The van der Waals surface area contributed by atoms with Crippen molar-refractivity contribution >= 4 is 5.69 Å². The molecule has 0 aliphatic carbocycles. The third-order valence-corrected chi connectivity index (χ3v) is 3.56. The first kappa shape index (κ1) is 15.2. The van der Waals surface area contributed by atoms with Gasteiger partial charge in [0, 0.05) is 24.4 Å². The largest absolute Gasteiger partial charge is 0.496 e. The van der Waals surface area contributed by atoms with E-state index in [2.05, 4.69) is 24.4 Å². The highest BCUT2D eigenvalue weighted by Crippen LogP contribution is 2.28. The first-order chi connectivity index (χ1) is 10.0. The zero-order valence-corrected chi connectivity index (χ0v) is 13.0. The first-order valence-corrected chi connectivity index (χ1v) is 7.16. The van der Waals surface area contributed by atoms with Gasteiger partial charge in [0.05, 0.1) is 18.8 Å². The van der Waals surface area contributed by atoms with Crippen molar-refractivity contribution in [2.24, 2.45) is 0 Å². The number of pyridine rings is 1. The van der Waals surface area contributed by atoms with Gasteiger partial charge >= 0.3 is 0 Å². The second-order valence-electron chi connectivity index (χ2n) is 5.15. The smallest absolute Gasteiger partial charge is 0.250 e. The van der Waals surface area contributed by atoms with E-state index in [1.807, 2.05) is 32.2 Å². The normalized spacial score (nSPS) is 12.0. The molecule has 0 bridgehead atoms. The summed E-state index contributed by atoms with van der Waals surface area (Å²) in [6, 6.07) is 9.66. The van der Waals surface area contributed by atoms with E-state index < -0.39 is 0 Å². The van der Waals surface area contributed by atoms with Crippen LogP contribution in [0.25, 0.3) is 0 Å². The van der Waals surface area contributed by atoms with E-state index in [0.717, 1.165) is 17.0 Å². The predicted molar refractivity (Wildman–Crippen MR) is 86.1 cm³/mol. The van der Waals surface area contributed by atoms with Gasteiger partial charge in [0.1, 0.15) is 5.75 Å². The maximum Gasteiger partial charge on any atom is 0.250 e. The zero-order chi connectivity index (χ0) is 15.4. The molecule has 1 N–H and O–H groups in total. The highest BCUT2D eigenvalue weighted by atomic mass is 16.5. The Bertz CT molecular complexity index is 677. The van der Waals surface area contributed by atoms with Crippen LogP contribution >= 0.6 is 0 Å². The molecule has 21 heavy (non-hydrogen) atoms. The van der Waals surface area contributed by atoms with Gasteiger partial charge in [-0.3, -0.25) is 4.79 Å². The fraction of sp³-hybridized carbons (Fsp3) is 0.353. The second-order valence-corrected chi connectivity index (χ2v) is 5.15. The molecule has 0 aliphatic heterocycles. The predicted octanol–water partition coefficient (Wildman–Crippen LogP) is 3.36. The van der Waals surface area contributed by atoms with Gasteiger partial charge in [-0.1, -0.05) is 12.1 Å². The molecule has 0 fully saturated rings. The summed E-state index contributed by atoms with van der Waals surface area (Å²) in [4.78, 5) is 11.6. The van der Waals surface area contributed by atoms with Gasteiger partial charge in [0.15, 0.2) is 0 Å². The Balaban J connectivity index is 2.25. The Labute approximate surface area is 125 Å². The molecule has 1 atom stereocenters. The standard InChI is InChI=1S/C17H22N2O2/c1-5-19-11-14(7-9-17(19)20)18-13(3)15-8-6-12(2)10-16(15)21-4/h6-11,13,18H,5H2,1-4H3. The third kappa shape index (κ3) is 3.45. The number of hydrogen-bond acceptors (Lipinski definition) is 3. The van der Waals surface area contributed by atoms with Crippen LogP contribution in [0, 0.1) is 6.92 Å². The Kier molecular flexibility index (Phi) is 4.68. The summed E-state index contributed by atoms with van der Waals surface area (Å²) in [6.45, 7) is 6.74. The topological polar surface area (TPSA) is 43.3 Å². The minimum absolute atomic E-state index is 0.0172.